The zero-order valence-electron chi connectivity index (χ0n) is 37.1. The van der Waals surface area contributed by atoms with E-state index in [1.807, 2.05) is 0 Å². The number of carboxylic acids is 1. The Morgan fingerprint density at radius 3 is 1.89 bits per heavy atom. The normalized spacial score (nSPS) is 17.6. The molecule has 8 amide bonds. The van der Waals surface area contributed by atoms with Gasteiger partial charge in [-0.05, 0) is 69.7 Å². The lowest BCUT2D eigenvalue weighted by Crippen LogP contribution is -2.63. The minimum atomic E-state index is -1.79. The zero-order valence-corrected chi connectivity index (χ0v) is 38.9. The molecule has 10 atom stereocenters. The molecule has 0 unspecified atom stereocenters. The van der Waals surface area contributed by atoms with Crippen molar-refractivity contribution >= 4 is 78.5 Å². The molecule has 364 valence electrons. The summed E-state index contributed by atoms with van der Waals surface area (Å²) < 4.78 is 5.47. The van der Waals surface area contributed by atoms with Crippen molar-refractivity contribution in [1.82, 2.24) is 36.8 Å². The van der Waals surface area contributed by atoms with E-state index < -0.39 is 120 Å². The third kappa shape index (κ3) is 17.6. The lowest BCUT2D eigenvalue weighted by molar-refractivity contribution is -0.142. The minimum Gasteiger partial charge on any atom is -0.494 e. The zero-order chi connectivity index (χ0) is 49.0. The van der Waals surface area contributed by atoms with Gasteiger partial charge in [0, 0.05) is 24.5 Å². The first-order valence-corrected chi connectivity index (χ1v) is 22.7. The Morgan fingerprint density at radius 1 is 0.800 bits per heavy atom. The molecular formula is C41H66N10O12S2. The van der Waals surface area contributed by atoms with Gasteiger partial charge in [-0.15, -0.1) is 0 Å². The number of carbonyl (C=O) groups excluding carboxylic acids is 8. The van der Waals surface area contributed by atoms with E-state index in [0.29, 0.717) is 56.6 Å². The number of carbonyl (C=O) groups is 9. The smallest absolute Gasteiger partial charge is 0.327 e. The molecule has 1 aromatic rings. The van der Waals surface area contributed by atoms with Gasteiger partial charge >= 0.3 is 5.97 Å². The molecule has 22 nitrogen and oxygen atoms in total. The largest absolute Gasteiger partial charge is 0.494 e. The Kier molecular flexibility index (Phi) is 24.1. The Hall–Kier alpha value is -5.17. The van der Waals surface area contributed by atoms with Gasteiger partial charge in [-0.25, -0.2) is 4.79 Å². The Morgan fingerprint density at radius 2 is 1.35 bits per heavy atom. The van der Waals surface area contributed by atoms with Crippen molar-refractivity contribution in [2.45, 2.75) is 127 Å². The molecule has 2 rings (SSSR count). The summed E-state index contributed by atoms with van der Waals surface area (Å²) in [6.45, 7) is 7.32. The average Bonchev–Trinajstić information content (AvgIpc) is 3.76. The first-order valence-electron chi connectivity index (χ1n) is 21.4. The van der Waals surface area contributed by atoms with Crippen molar-refractivity contribution in [2.24, 2.45) is 23.1 Å². The number of nitrogens with one attached hydrogen (secondary N) is 6. The fourth-order valence-electron chi connectivity index (χ4n) is 6.78. The van der Waals surface area contributed by atoms with Gasteiger partial charge in [0.1, 0.15) is 48.0 Å². The number of aliphatic carboxylic acids is 1. The van der Waals surface area contributed by atoms with Crippen molar-refractivity contribution < 1.29 is 58.1 Å². The molecule has 1 aromatic carbocycles. The van der Waals surface area contributed by atoms with E-state index >= 15 is 0 Å². The molecule has 1 fully saturated rings. The van der Waals surface area contributed by atoms with Crippen molar-refractivity contribution in [3.05, 3.63) is 29.8 Å². The number of primary amides is 1. The fraction of sp³-hybridized carbons (Fsp3) is 0.634. The summed E-state index contributed by atoms with van der Waals surface area (Å²) in [7, 11) is 0. The minimum absolute atomic E-state index is 0.107. The maximum Gasteiger partial charge on any atom is 0.327 e. The second-order valence-electron chi connectivity index (χ2n) is 15.7. The van der Waals surface area contributed by atoms with Crippen LogP contribution < -0.4 is 53.8 Å². The number of hydrogen-bond donors (Lipinski definition) is 13. The van der Waals surface area contributed by atoms with Gasteiger partial charge in [0.2, 0.25) is 47.3 Å². The number of likely N-dealkylation sites (tertiary alicyclic amines) is 1. The predicted octanol–water partition coefficient (Wildman–Crippen LogP) is -3.16. The molecular weight excluding hydrogens is 889 g/mol. The number of rotatable bonds is 28. The van der Waals surface area contributed by atoms with Crippen LogP contribution in [0.2, 0.25) is 0 Å². The lowest BCUT2D eigenvalue weighted by atomic mass is 9.96. The van der Waals surface area contributed by atoms with E-state index in [0.717, 1.165) is 6.92 Å². The number of ether oxygens (including phenoxy) is 1. The van der Waals surface area contributed by atoms with Crippen LogP contribution in [0.15, 0.2) is 24.3 Å². The number of amides is 8. The number of carboxylic acid groups (broad SMARTS) is 1. The molecule has 65 heavy (non-hydrogen) atoms. The van der Waals surface area contributed by atoms with E-state index in [1.54, 1.807) is 45.0 Å². The molecule has 1 heterocycles. The van der Waals surface area contributed by atoms with Gasteiger partial charge in [0.05, 0.1) is 25.2 Å². The van der Waals surface area contributed by atoms with Crippen LogP contribution in [-0.2, 0) is 49.6 Å². The second kappa shape index (κ2) is 28.0. The van der Waals surface area contributed by atoms with Crippen LogP contribution in [0.5, 0.6) is 5.75 Å². The van der Waals surface area contributed by atoms with Crippen LogP contribution >= 0.6 is 25.3 Å². The molecule has 0 saturated carbocycles. The summed E-state index contributed by atoms with van der Waals surface area (Å²) in [6, 6.07) is -4.21. The Bertz CT molecular complexity index is 1810. The molecule has 0 aromatic heterocycles. The van der Waals surface area contributed by atoms with Crippen LogP contribution in [0.25, 0.3) is 0 Å². The quantitative estimate of drug-likeness (QED) is 0.0369. The fourth-order valence-corrected chi connectivity index (χ4v) is 7.28. The van der Waals surface area contributed by atoms with E-state index in [2.05, 4.69) is 57.2 Å². The van der Waals surface area contributed by atoms with Crippen LogP contribution in [-0.4, -0.2) is 154 Å². The van der Waals surface area contributed by atoms with Crippen molar-refractivity contribution in [3.63, 3.8) is 0 Å². The van der Waals surface area contributed by atoms with Crippen molar-refractivity contribution in [1.29, 1.82) is 0 Å². The van der Waals surface area contributed by atoms with Crippen molar-refractivity contribution in [3.8, 4) is 5.75 Å². The summed E-state index contributed by atoms with van der Waals surface area (Å²) in [5.41, 5.74) is 17.5. The van der Waals surface area contributed by atoms with Gasteiger partial charge in [-0.2, -0.15) is 25.3 Å². The molecule has 1 saturated heterocycles. The van der Waals surface area contributed by atoms with Crippen LogP contribution in [0.3, 0.4) is 0 Å². The lowest BCUT2D eigenvalue weighted by Gasteiger charge is -2.30. The van der Waals surface area contributed by atoms with Gasteiger partial charge in [-0.1, -0.05) is 32.4 Å². The number of benzene rings is 1. The summed E-state index contributed by atoms with van der Waals surface area (Å²) in [4.78, 5) is 120. The highest BCUT2D eigenvalue weighted by atomic mass is 32.1. The number of nitrogens with zero attached hydrogens (tertiary/aromatic N) is 1. The summed E-state index contributed by atoms with van der Waals surface area (Å²) >= 11 is 8.17. The highest BCUT2D eigenvalue weighted by Crippen LogP contribution is 2.20. The molecule has 0 spiro atoms. The number of thiol groups is 2. The first-order chi connectivity index (χ1) is 30.7. The van der Waals surface area contributed by atoms with Crippen LogP contribution in [0.4, 0.5) is 0 Å². The molecule has 1 aliphatic rings. The molecule has 0 aliphatic carbocycles. The number of aliphatic hydroxyl groups excluding tert-OH is 1. The van der Waals surface area contributed by atoms with Gasteiger partial charge in [0.25, 0.3) is 0 Å². The SMILES string of the molecule is CCOc1ccc(C[C@H](NC(=O)[C@@H](NC(=O)[C@@H](NC(=O)[C@H](CC(N)=O)NC(=O)[C@H](CS)NC(=O)[C@@H]2CCCN2C(=O)[C@@H](N)CCCN)[C@@H](C)O)[C@@H](C)CC)C(=O)N[C@@H](CS)C(=O)O)cc1. The number of aliphatic hydroxyl groups is 1. The molecule has 14 N–H and O–H groups in total. The molecule has 0 bridgehead atoms. The Balaban J connectivity index is 2.29. The van der Waals surface area contributed by atoms with Gasteiger partial charge < -0.3 is 69.0 Å². The van der Waals surface area contributed by atoms with E-state index in [1.165, 1.54) is 4.90 Å². The topological polar surface area (TPSA) is 357 Å². The summed E-state index contributed by atoms with van der Waals surface area (Å²) in [5.74, 6) is -9.00. The first kappa shape index (κ1) is 56.0. The monoisotopic (exact) mass is 954 g/mol. The summed E-state index contributed by atoms with van der Waals surface area (Å²) in [5, 5.41) is 34.9. The second-order valence-corrected chi connectivity index (χ2v) is 16.5. The van der Waals surface area contributed by atoms with E-state index in [-0.39, 0.29) is 24.5 Å². The maximum absolute atomic E-state index is 14.0. The van der Waals surface area contributed by atoms with Crippen LogP contribution in [0, 0.1) is 5.92 Å². The van der Waals surface area contributed by atoms with E-state index in [9.17, 15) is 53.4 Å². The molecule has 1 aliphatic heterocycles. The van der Waals surface area contributed by atoms with Crippen molar-refractivity contribution in [2.75, 3.05) is 31.2 Å². The Labute approximate surface area is 389 Å². The highest BCUT2D eigenvalue weighted by molar-refractivity contribution is 7.80. The summed E-state index contributed by atoms with van der Waals surface area (Å²) in [6.07, 6.45) is -0.585. The highest BCUT2D eigenvalue weighted by Gasteiger charge is 2.39. The van der Waals surface area contributed by atoms with Gasteiger partial charge in [0.15, 0.2) is 0 Å². The average molecular weight is 955 g/mol. The predicted molar refractivity (Wildman–Crippen MR) is 244 cm³/mol. The molecule has 0 radical (unpaired) electrons. The third-order valence-corrected chi connectivity index (χ3v) is 11.4. The van der Waals surface area contributed by atoms with Crippen LogP contribution in [0.1, 0.15) is 71.8 Å². The van der Waals surface area contributed by atoms with E-state index in [4.69, 9.17) is 21.9 Å². The maximum atomic E-state index is 14.0. The van der Waals surface area contributed by atoms with Gasteiger partial charge in [-0.3, -0.25) is 38.4 Å². The number of hydrogen-bond acceptors (Lipinski definition) is 15. The standard InChI is InChI=1S/C41H66N10O12S2/c1-5-21(3)32(38(58)46-26(34(54)48-29(20-65)41(61)62)17-23-11-13-24(14-12-23)63-6-2)49-39(59)33(22(4)52)50-35(55)27(18-31(44)53)45-36(56)28(19-64)47-37(57)30-10-8-16-51(30)40(60)25(43)9-7-15-42/h11-14,21-22,25-30,32-33,52,64-65H,5-10,15-20,42-43H2,1-4H3,(H2,44,53)(H,45,56)(H,46,58)(H,47,57)(H,48,54)(H,49,59)(H,50,55)(H,61,62)/t21-,22+,25-,26-,27-,28-,29-,30-,32-,33-/m0/s1. The third-order valence-electron chi connectivity index (χ3n) is 10.7. The number of nitrogens with two attached hydrogens (primary N) is 3. The molecule has 24 heteroatoms.